The minimum Gasteiger partial charge on any atom is -0.397 e. The summed E-state index contributed by atoms with van der Waals surface area (Å²) in [6.07, 6.45) is 5.27. The Kier molecular flexibility index (Phi) is 2.85. The Morgan fingerprint density at radius 3 is 2.73 bits per heavy atom. The topological polar surface area (TPSA) is 66.0 Å². The second kappa shape index (κ2) is 4.29. The quantitative estimate of drug-likeness (QED) is 0.538. The first kappa shape index (κ1) is 9.96. The number of nitrogens with one attached hydrogen (secondary N) is 1. The van der Waals surface area contributed by atoms with Crippen molar-refractivity contribution in [2.24, 2.45) is 0 Å². The van der Waals surface area contributed by atoms with Gasteiger partial charge in [-0.2, -0.15) is 0 Å². The molecule has 0 aromatic carbocycles. The Balaban J connectivity index is 2.16. The average molecular weight is 204 g/mol. The number of pyridine rings is 1. The Labute approximate surface area is 89.6 Å². The van der Waals surface area contributed by atoms with Crippen LogP contribution < -0.4 is 5.73 Å². The Bertz CT molecular complexity index is 355. The zero-order chi connectivity index (χ0) is 10.7. The van der Waals surface area contributed by atoms with Crippen molar-refractivity contribution in [1.82, 2.24) is 9.88 Å². The maximum absolute atomic E-state index is 8.05. The summed E-state index contributed by atoms with van der Waals surface area (Å²) < 4.78 is 0. The standard InChI is InChI=1S/C11H16N4/c12-9-5-4-6-14-10(9)11(13)15-7-2-1-3-8-15/h4-6,13H,1-3,7-8,12H2. The van der Waals surface area contributed by atoms with Crippen molar-refractivity contribution in [3.63, 3.8) is 0 Å². The largest absolute Gasteiger partial charge is 0.397 e. The fourth-order valence-corrected chi connectivity index (χ4v) is 1.88. The Morgan fingerprint density at radius 1 is 1.33 bits per heavy atom. The van der Waals surface area contributed by atoms with Crippen molar-refractivity contribution in [2.75, 3.05) is 18.8 Å². The first-order valence-corrected chi connectivity index (χ1v) is 5.33. The molecule has 2 rings (SSSR count). The lowest BCUT2D eigenvalue weighted by Gasteiger charge is -2.28. The van der Waals surface area contributed by atoms with Gasteiger partial charge in [0.1, 0.15) is 11.5 Å². The SMILES string of the molecule is N=C(c1ncccc1N)N1CCCCC1. The number of nitrogens with zero attached hydrogens (tertiary/aromatic N) is 2. The molecule has 1 aliphatic heterocycles. The number of anilines is 1. The molecular weight excluding hydrogens is 188 g/mol. The highest BCUT2D eigenvalue weighted by Crippen LogP contribution is 2.15. The van der Waals surface area contributed by atoms with Crippen LogP contribution in [0.3, 0.4) is 0 Å². The molecule has 1 aliphatic rings. The minimum absolute atomic E-state index is 0.466. The number of nitrogens with two attached hydrogens (primary N) is 1. The lowest BCUT2D eigenvalue weighted by molar-refractivity contribution is 0.340. The number of aromatic nitrogens is 1. The molecule has 4 heteroatoms. The van der Waals surface area contributed by atoms with E-state index in [4.69, 9.17) is 11.1 Å². The van der Waals surface area contributed by atoms with Crippen LogP contribution >= 0.6 is 0 Å². The summed E-state index contributed by atoms with van der Waals surface area (Å²) in [5.74, 6) is 0.466. The van der Waals surface area contributed by atoms with E-state index in [2.05, 4.69) is 9.88 Å². The predicted octanol–water partition coefficient (Wildman–Crippen LogP) is 1.48. The van der Waals surface area contributed by atoms with Crippen LogP contribution in [0.25, 0.3) is 0 Å². The van der Waals surface area contributed by atoms with Crippen molar-refractivity contribution in [1.29, 1.82) is 5.41 Å². The number of likely N-dealkylation sites (tertiary alicyclic amines) is 1. The molecule has 1 fully saturated rings. The summed E-state index contributed by atoms with van der Waals surface area (Å²) in [5.41, 5.74) is 7.00. The van der Waals surface area contributed by atoms with Crippen LogP contribution in [0.4, 0.5) is 5.69 Å². The molecule has 80 valence electrons. The average Bonchev–Trinajstić information content (AvgIpc) is 2.30. The molecule has 0 unspecified atom stereocenters. The Hall–Kier alpha value is -1.58. The second-order valence-corrected chi connectivity index (χ2v) is 3.84. The summed E-state index contributed by atoms with van der Waals surface area (Å²) in [6, 6.07) is 3.59. The zero-order valence-corrected chi connectivity index (χ0v) is 8.74. The lowest BCUT2D eigenvalue weighted by Crippen LogP contribution is -2.36. The van der Waals surface area contributed by atoms with Gasteiger partial charge in [0.2, 0.25) is 0 Å². The van der Waals surface area contributed by atoms with Gasteiger partial charge < -0.3 is 10.6 Å². The highest BCUT2D eigenvalue weighted by molar-refractivity contribution is 5.98. The minimum atomic E-state index is 0.466. The molecular formula is C11H16N4. The van der Waals surface area contributed by atoms with Crippen molar-refractivity contribution < 1.29 is 0 Å². The number of amidine groups is 1. The molecule has 0 atom stereocenters. The molecule has 0 radical (unpaired) electrons. The van der Waals surface area contributed by atoms with Crippen LogP contribution in [-0.4, -0.2) is 28.8 Å². The smallest absolute Gasteiger partial charge is 0.149 e. The molecule has 1 saturated heterocycles. The fraction of sp³-hybridized carbons (Fsp3) is 0.455. The fourth-order valence-electron chi connectivity index (χ4n) is 1.88. The zero-order valence-electron chi connectivity index (χ0n) is 8.74. The molecule has 0 aliphatic carbocycles. The molecule has 1 aromatic rings. The van der Waals surface area contributed by atoms with Crippen molar-refractivity contribution in [3.8, 4) is 0 Å². The molecule has 1 aromatic heterocycles. The number of nitrogen functional groups attached to an aromatic ring is 1. The second-order valence-electron chi connectivity index (χ2n) is 3.84. The number of hydrogen-bond donors (Lipinski definition) is 2. The molecule has 0 amide bonds. The summed E-state index contributed by atoms with van der Waals surface area (Å²) in [4.78, 5) is 6.22. The van der Waals surface area contributed by atoms with Gasteiger partial charge in [0.15, 0.2) is 0 Å². The number of piperidine rings is 1. The molecule has 2 heterocycles. The summed E-state index contributed by atoms with van der Waals surface area (Å²) in [6.45, 7) is 1.91. The van der Waals surface area contributed by atoms with Crippen LogP contribution in [0.5, 0.6) is 0 Å². The first-order valence-electron chi connectivity index (χ1n) is 5.33. The molecule has 0 bridgehead atoms. The normalized spacial score (nSPS) is 16.4. The van der Waals surface area contributed by atoms with E-state index >= 15 is 0 Å². The van der Waals surface area contributed by atoms with Gasteiger partial charge in [0, 0.05) is 19.3 Å². The predicted molar refractivity (Wildman–Crippen MR) is 60.9 cm³/mol. The highest BCUT2D eigenvalue weighted by Gasteiger charge is 2.17. The molecule has 3 N–H and O–H groups in total. The number of hydrogen-bond acceptors (Lipinski definition) is 3. The first-order chi connectivity index (χ1) is 7.29. The molecule has 0 saturated carbocycles. The van der Waals surface area contributed by atoms with Gasteiger partial charge in [-0.25, -0.2) is 0 Å². The van der Waals surface area contributed by atoms with E-state index in [-0.39, 0.29) is 0 Å². The number of rotatable bonds is 1. The van der Waals surface area contributed by atoms with Gasteiger partial charge in [0.05, 0.1) is 5.69 Å². The molecule has 15 heavy (non-hydrogen) atoms. The maximum atomic E-state index is 8.05. The lowest BCUT2D eigenvalue weighted by atomic mass is 10.1. The summed E-state index contributed by atoms with van der Waals surface area (Å²) in [7, 11) is 0. The van der Waals surface area contributed by atoms with Crippen molar-refractivity contribution in [2.45, 2.75) is 19.3 Å². The van der Waals surface area contributed by atoms with Crippen molar-refractivity contribution in [3.05, 3.63) is 24.0 Å². The van der Waals surface area contributed by atoms with E-state index in [0.29, 0.717) is 17.2 Å². The van der Waals surface area contributed by atoms with E-state index in [1.165, 1.54) is 6.42 Å². The third-order valence-corrected chi connectivity index (χ3v) is 2.74. The maximum Gasteiger partial charge on any atom is 0.149 e. The van der Waals surface area contributed by atoms with Crippen LogP contribution in [0.2, 0.25) is 0 Å². The van der Waals surface area contributed by atoms with Gasteiger partial charge >= 0.3 is 0 Å². The monoisotopic (exact) mass is 204 g/mol. The van der Waals surface area contributed by atoms with Crippen LogP contribution in [0.1, 0.15) is 25.0 Å². The van der Waals surface area contributed by atoms with E-state index in [9.17, 15) is 0 Å². The van der Waals surface area contributed by atoms with E-state index < -0.39 is 0 Å². The van der Waals surface area contributed by atoms with Crippen molar-refractivity contribution >= 4 is 11.5 Å². The van der Waals surface area contributed by atoms with Gasteiger partial charge in [0.25, 0.3) is 0 Å². The third-order valence-electron chi connectivity index (χ3n) is 2.74. The van der Waals surface area contributed by atoms with Gasteiger partial charge in [-0.1, -0.05) is 0 Å². The van der Waals surface area contributed by atoms with Crippen LogP contribution in [0.15, 0.2) is 18.3 Å². The van der Waals surface area contributed by atoms with Gasteiger partial charge in [-0.05, 0) is 31.4 Å². The van der Waals surface area contributed by atoms with Gasteiger partial charge in [-0.3, -0.25) is 10.4 Å². The molecule has 4 nitrogen and oxygen atoms in total. The Morgan fingerprint density at radius 2 is 2.07 bits per heavy atom. The van der Waals surface area contributed by atoms with E-state index in [1.54, 1.807) is 18.3 Å². The van der Waals surface area contributed by atoms with Crippen LogP contribution in [-0.2, 0) is 0 Å². The van der Waals surface area contributed by atoms with E-state index in [0.717, 1.165) is 25.9 Å². The summed E-state index contributed by atoms with van der Waals surface area (Å²) in [5, 5.41) is 8.05. The third kappa shape index (κ3) is 2.09. The van der Waals surface area contributed by atoms with E-state index in [1.807, 2.05) is 0 Å². The molecule has 0 spiro atoms. The summed E-state index contributed by atoms with van der Waals surface area (Å²) >= 11 is 0. The highest BCUT2D eigenvalue weighted by atomic mass is 15.2. The van der Waals surface area contributed by atoms with Gasteiger partial charge in [-0.15, -0.1) is 0 Å². The van der Waals surface area contributed by atoms with Crippen LogP contribution in [0, 0.1) is 5.41 Å².